The van der Waals surface area contributed by atoms with Crippen LogP contribution in [0.4, 0.5) is 5.69 Å². The second kappa shape index (κ2) is 4.18. The zero-order valence-corrected chi connectivity index (χ0v) is 8.91. The Morgan fingerprint density at radius 3 is 2.60 bits per heavy atom. The number of nitrogens with one attached hydrogen (secondary N) is 1. The molecule has 15 heavy (non-hydrogen) atoms. The molecule has 2 aromatic rings. The van der Waals surface area contributed by atoms with Crippen LogP contribution in [0.25, 0.3) is 10.4 Å². The van der Waals surface area contributed by atoms with Crippen LogP contribution >= 0.6 is 11.5 Å². The van der Waals surface area contributed by atoms with Crippen LogP contribution in [0.1, 0.15) is 6.92 Å². The quantitative estimate of drug-likeness (QED) is 0.842. The molecule has 0 aliphatic rings. The van der Waals surface area contributed by atoms with Crippen molar-refractivity contribution in [3.63, 3.8) is 0 Å². The van der Waals surface area contributed by atoms with Gasteiger partial charge >= 0.3 is 0 Å². The largest absolute Gasteiger partial charge is 0.326 e. The molecule has 5 heteroatoms. The molecule has 0 aliphatic carbocycles. The summed E-state index contributed by atoms with van der Waals surface area (Å²) in [6.45, 7) is 1.49. The molecule has 4 nitrogen and oxygen atoms in total. The Bertz CT molecular complexity index is 450. The molecular formula is C10H9N3OS. The molecule has 76 valence electrons. The molecule has 0 spiro atoms. The lowest BCUT2D eigenvalue weighted by atomic mass is 10.2. The molecule has 1 aromatic carbocycles. The average Bonchev–Trinajstić information content (AvgIpc) is 2.71. The number of hydrogen-bond acceptors (Lipinski definition) is 4. The van der Waals surface area contributed by atoms with Crippen molar-refractivity contribution in [2.24, 2.45) is 0 Å². The number of nitrogens with zero attached hydrogens (tertiary/aromatic N) is 2. The van der Waals surface area contributed by atoms with Gasteiger partial charge in [0.05, 0.1) is 11.1 Å². The first-order valence-electron chi connectivity index (χ1n) is 4.41. The Kier molecular flexibility index (Phi) is 2.73. The molecule has 2 rings (SSSR count). The van der Waals surface area contributed by atoms with E-state index in [1.807, 2.05) is 24.3 Å². The summed E-state index contributed by atoms with van der Waals surface area (Å²) in [4.78, 5) is 11.8. The Labute approximate surface area is 91.1 Å². The van der Waals surface area contributed by atoms with Crippen LogP contribution in [0.15, 0.2) is 30.5 Å². The lowest BCUT2D eigenvalue weighted by Gasteiger charge is -2.02. The van der Waals surface area contributed by atoms with Gasteiger partial charge in [-0.2, -0.15) is 0 Å². The minimum atomic E-state index is -0.0674. The van der Waals surface area contributed by atoms with Gasteiger partial charge in [0.15, 0.2) is 0 Å². The topological polar surface area (TPSA) is 54.9 Å². The summed E-state index contributed by atoms with van der Waals surface area (Å²) in [5, 5.41) is 6.48. The number of benzene rings is 1. The fraction of sp³-hybridized carbons (Fsp3) is 0.100. The van der Waals surface area contributed by atoms with E-state index in [-0.39, 0.29) is 5.91 Å². The zero-order chi connectivity index (χ0) is 10.7. The van der Waals surface area contributed by atoms with E-state index in [4.69, 9.17) is 0 Å². The van der Waals surface area contributed by atoms with Crippen LogP contribution in [-0.4, -0.2) is 15.5 Å². The van der Waals surface area contributed by atoms with Crippen molar-refractivity contribution in [2.75, 3.05) is 5.32 Å². The smallest absolute Gasteiger partial charge is 0.221 e. The third-order valence-electron chi connectivity index (χ3n) is 1.85. The molecule has 0 radical (unpaired) electrons. The van der Waals surface area contributed by atoms with Gasteiger partial charge in [-0.1, -0.05) is 16.6 Å². The minimum absolute atomic E-state index is 0.0674. The molecule has 1 amide bonds. The van der Waals surface area contributed by atoms with Gasteiger partial charge in [0, 0.05) is 12.6 Å². The zero-order valence-electron chi connectivity index (χ0n) is 8.10. The van der Waals surface area contributed by atoms with Crippen LogP contribution in [0.2, 0.25) is 0 Å². The normalized spacial score (nSPS) is 9.93. The van der Waals surface area contributed by atoms with Crippen molar-refractivity contribution in [1.82, 2.24) is 9.59 Å². The monoisotopic (exact) mass is 219 g/mol. The van der Waals surface area contributed by atoms with Crippen molar-refractivity contribution >= 4 is 23.1 Å². The summed E-state index contributed by atoms with van der Waals surface area (Å²) in [7, 11) is 0. The molecule has 0 saturated heterocycles. The number of carbonyl (C=O) groups is 1. The van der Waals surface area contributed by atoms with Gasteiger partial charge in [0.2, 0.25) is 5.91 Å². The van der Waals surface area contributed by atoms with Crippen molar-refractivity contribution < 1.29 is 4.79 Å². The summed E-state index contributed by atoms with van der Waals surface area (Å²) < 4.78 is 3.79. The number of rotatable bonds is 2. The molecule has 0 bridgehead atoms. The van der Waals surface area contributed by atoms with Crippen LogP contribution in [0.5, 0.6) is 0 Å². The van der Waals surface area contributed by atoms with Gasteiger partial charge < -0.3 is 5.32 Å². The average molecular weight is 219 g/mol. The van der Waals surface area contributed by atoms with Gasteiger partial charge in [-0.3, -0.25) is 4.79 Å². The van der Waals surface area contributed by atoms with E-state index in [0.717, 1.165) is 16.1 Å². The second-order valence-corrected chi connectivity index (χ2v) is 3.83. The first-order chi connectivity index (χ1) is 7.25. The van der Waals surface area contributed by atoms with Crippen LogP contribution in [0, 0.1) is 0 Å². The van der Waals surface area contributed by atoms with Crippen molar-refractivity contribution in [1.29, 1.82) is 0 Å². The van der Waals surface area contributed by atoms with E-state index in [1.165, 1.54) is 18.5 Å². The van der Waals surface area contributed by atoms with Gasteiger partial charge in [0.1, 0.15) is 0 Å². The summed E-state index contributed by atoms with van der Waals surface area (Å²) >= 11 is 1.35. The molecule has 0 fully saturated rings. The Morgan fingerprint density at radius 1 is 1.33 bits per heavy atom. The van der Waals surface area contributed by atoms with E-state index < -0.39 is 0 Å². The summed E-state index contributed by atoms with van der Waals surface area (Å²) in [5.74, 6) is -0.0674. The Balaban J connectivity index is 2.21. The van der Waals surface area contributed by atoms with E-state index >= 15 is 0 Å². The number of anilines is 1. The maximum atomic E-state index is 10.8. The van der Waals surface area contributed by atoms with E-state index in [1.54, 1.807) is 6.20 Å². The predicted molar refractivity (Wildman–Crippen MR) is 59.6 cm³/mol. The van der Waals surface area contributed by atoms with Gasteiger partial charge in [-0.05, 0) is 29.2 Å². The molecule has 0 saturated carbocycles. The first-order valence-corrected chi connectivity index (χ1v) is 5.18. The van der Waals surface area contributed by atoms with Crippen molar-refractivity contribution in [3.05, 3.63) is 30.5 Å². The van der Waals surface area contributed by atoms with Crippen LogP contribution in [0.3, 0.4) is 0 Å². The SMILES string of the molecule is CC(=O)Nc1ccc(-c2cnns2)cc1. The van der Waals surface area contributed by atoms with E-state index in [0.29, 0.717) is 0 Å². The molecular weight excluding hydrogens is 210 g/mol. The lowest BCUT2D eigenvalue weighted by Crippen LogP contribution is -2.05. The van der Waals surface area contributed by atoms with Crippen LogP contribution < -0.4 is 5.32 Å². The number of aromatic nitrogens is 2. The minimum Gasteiger partial charge on any atom is -0.326 e. The maximum absolute atomic E-state index is 10.8. The molecule has 0 unspecified atom stereocenters. The first kappa shape index (κ1) is 9.79. The highest BCUT2D eigenvalue weighted by molar-refractivity contribution is 7.09. The van der Waals surface area contributed by atoms with Gasteiger partial charge in [0.25, 0.3) is 0 Å². The number of amides is 1. The predicted octanol–water partition coefficient (Wildman–Crippen LogP) is 2.16. The molecule has 1 heterocycles. The maximum Gasteiger partial charge on any atom is 0.221 e. The van der Waals surface area contributed by atoms with Gasteiger partial charge in [-0.15, -0.1) is 5.10 Å². The number of carbonyl (C=O) groups excluding carboxylic acids is 1. The fourth-order valence-electron chi connectivity index (χ4n) is 1.22. The summed E-state index contributed by atoms with van der Waals surface area (Å²) in [6.07, 6.45) is 1.72. The number of hydrogen-bond donors (Lipinski definition) is 1. The fourth-order valence-corrected chi connectivity index (χ4v) is 1.73. The van der Waals surface area contributed by atoms with Crippen molar-refractivity contribution in [3.8, 4) is 10.4 Å². The van der Waals surface area contributed by atoms with E-state index in [2.05, 4.69) is 14.9 Å². The summed E-state index contributed by atoms with van der Waals surface area (Å²) in [6, 6.07) is 7.58. The summed E-state index contributed by atoms with van der Waals surface area (Å²) in [5.41, 5.74) is 1.85. The third-order valence-corrected chi connectivity index (χ3v) is 2.56. The third kappa shape index (κ3) is 2.38. The standard InChI is InChI=1S/C10H9N3OS/c1-7(14)12-9-4-2-8(3-5-9)10-6-11-13-15-10/h2-6H,1H3,(H,12,14). The molecule has 1 aromatic heterocycles. The Morgan fingerprint density at radius 2 is 2.07 bits per heavy atom. The van der Waals surface area contributed by atoms with Crippen molar-refractivity contribution in [2.45, 2.75) is 6.92 Å². The highest BCUT2D eigenvalue weighted by Crippen LogP contribution is 2.22. The molecule has 1 N–H and O–H groups in total. The molecule has 0 aliphatic heterocycles. The van der Waals surface area contributed by atoms with Crippen LogP contribution in [-0.2, 0) is 4.79 Å². The lowest BCUT2D eigenvalue weighted by molar-refractivity contribution is -0.114. The molecule has 0 atom stereocenters. The Hall–Kier alpha value is -1.75. The highest BCUT2D eigenvalue weighted by atomic mass is 32.1. The highest BCUT2D eigenvalue weighted by Gasteiger charge is 2.00. The van der Waals surface area contributed by atoms with E-state index in [9.17, 15) is 4.79 Å². The van der Waals surface area contributed by atoms with Gasteiger partial charge in [-0.25, -0.2) is 0 Å². The second-order valence-electron chi connectivity index (χ2n) is 3.04.